The summed E-state index contributed by atoms with van der Waals surface area (Å²) in [5, 5.41) is 5.34. The molecule has 0 radical (unpaired) electrons. The van der Waals surface area contributed by atoms with Crippen LogP contribution in [-0.2, 0) is 11.3 Å². The van der Waals surface area contributed by atoms with Gasteiger partial charge >= 0.3 is 6.43 Å². The standard InChI is InChI=1S/C6H7F2N3O2/c1-3-10-4(13-11-3)2-9-6(12)5(7)8/h5H,2H2,1H3,(H,9,12). The zero-order chi connectivity index (χ0) is 9.84. The maximum Gasteiger partial charge on any atom is 0.315 e. The van der Waals surface area contributed by atoms with Crippen LogP contribution < -0.4 is 5.32 Å². The largest absolute Gasteiger partial charge is 0.342 e. The number of rotatable bonds is 3. The van der Waals surface area contributed by atoms with Crippen LogP contribution in [0.2, 0.25) is 0 Å². The number of nitrogens with zero attached hydrogens (tertiary/aromatic N) is 2. The second-order valence-electron chi connectivity index (χ2n) is 2.25. The Bertz CT molecular complexity index is 300. The lowest BCUT2D eigenvalue weighted by Crippen LogP contribution is -2.28. The zero-order valence-electron chi connectivity index (χ0n) is 6.75. The Balaban J connectivity index is 2.39. The van der Waals surface area contributed by atoms with Crippen molar-refractivity contribution in [3.8, 4) is 0 Å². The van der Waals surface area contributed by atoms with Gasteiger partial charge in [-0.15, -0.1) is 0 Å². The minimum absolute atomic E-state index is 0.103. The number of carbonyl (C=O) groups is 1. The highest BCUT2D eigenvalue weighted by Gasteiger charge is 2.15. The summed E-state index contributed by atoms with van der Waals surface area (Å²) in [5.74, 6) is -0.858. The molecule has 1 aromatic rings. The first-order chi connectivity index (χ1) is 6.09. The maximum atomic E-state index is 11.7. The van der Waals surface area contributed by atoms with Crippen LogP contribution in [0.25, 0.3) is 0 Å². The first-order valence-corrected chi connectivity index (χ1v) is 3.44. The van der Waals surface area contributed by atoms with Crippen LogP contribution in [0.15, 0.2) is 4.52 Å². The molecule has 13 heavy (non-hydrogen) atoms. The van der Waals surface area contributed by atoms with Gasteiger partial charge in [-0.2, -0.15) is 13.8 Å². The van der Waals surface area contributed by atoms with Crippen molar-refractivity contribution >= 4 is 5.91 Å². The average Bonchev–Trinajstić information content (AvgIpc) is 2.47. The van der Waals surface area contributed by atoms with E-state index in [2.05, 4.69) is 14.7 Å². The summed E-state index contributed by atoms with van der Waals surface area (Å²) < 4.78 is 27.9. The van der Waals surface area contributed by atoms with E-state index in [-0.39, 0.29) is 12.4 Å². The number of aryl methyl sites for hydroxylation is 1. The average molecular weight is 191 g/mol. The first kappa shape index (κ1) is 9.56. The quantitative estimate of drug-likeness (QED) is 0.744. The molecule has 0 saturated carbocycles. The molecule has 0 aliphatic rings. The van der Waals surface area contributed by atoms with Crippen LogP contribution in [-0.4, -0.2) is 22.5 Å². The van der Waals surface area contributed by atoms with E-state index in [0.717, 1.165) is 0 Å². The third-order valence-corrected chi connectivity index (χ3v) is 1.18. The fourth-order valence-electron chi connectivity index (χ4n) is 0.652. The summed E-state index contributed by atoms with van der Waals surface area (Å²) in [6.07, 6.45) is -3.02. The van der Waals surface area contributed by atoms with Crippen molar-refractivity contribution in [1.29, 1.82) is 0 Å². The van der Waals surface area contributed by atoms with E-state index in [4.69, 9.17) is 0 Å². The Morgan fingerprint density at radius 2 is 2.38 bits per heavy atom. The van der Waals surface area contributed by atoms with Crippen LogP contribution in [0, 0.1) is 6.92 Å². The molecular weight excluding hydrogens is 184 g/mol. The van der Waals surface area contributed by atoms with Crippen LogP contribution in [0.3, 0.4) is 0 Å². The molecular formula is C6H7F2N3O2. The molecule has 0 atom stereocenters. The van der Waals surface area contributed by atoms with Crippen LogP contribution in [0.1, 0.15) is 11.7 Å². The molecule has 0 fully saturated rings. The van der Waals surface area contributed by atoms with E-state index < -0.39 is 12.3 Å². The summed E-state index contributed by atoms with van der Waals surface area (Å²) in [5.41, 5.74) is 0. The van der Waals surface area contributed by atoms with E-state index in [1.165, 1.54) is 0 Å². The predicted octanol–water partition coefficient (Wildman–Crippen LogP) is 0.259. The third kappa shape index (κ3) is 2.77. The second-order valence-corrected chi connectivity index (χ2v) is 2.25. The fraction of sp³-hybridized carbons (Fsp3) is 0.500. The topological polar surface area (TPSA) is 68.0 Å². The van der Waals surface area contributed by atoms with Gasteiger partial charge in [0, 0.05) is 0 Å². The number of aromatic nitrogens is 2. The molecule has 72 valence electrons. The van der Waals surface area contributed by atoms with Crippen molar-refractivity contribution in [2.24, 2.45) is 0 Å². The van der Waals surface area contributed by atoms with Crippen molar-refractivity contribution in [3.05, 3.63) is 11.7 Å². The summed E-state index contributed by atoms with van der Waals surface area (Å²) >= 11 is 0. The number of hydrogen-bond acceptors (Lipinski definition) is 4. The lowest BCUT2D eigenvalue weighted by molar-refractivity contribution is -0.132. The number of nitrogens with one attached hydrogen (secondary N) is 1. The fourth-order valence-corrected chi connectivity index (χ4v) is 0.652. The van der Waals surface area contributed by atoms with Gasteiger partial charge in [0.1, 0.15) is 0 Å². The minimum atomic E-state index is -3.02. The van der Waals surface area contributed by atoms with Gasteiger partial charge in [-0.05, 0) is 6.92 Å². The molecule has 0 spiro atoms. The third-order valence-electron chi connectivity index (χ3n) is 1.18. The highest BCUT2D eigenvalue weighted by atomic mass is 19.3. The molecule has 0 aliphatic carbocycles. The molecule has 1 rings (SSSR count). The van der Waals surface area contributed by atoms with E-state index in [1.807, 2.05) is 5.32 Å². The van der Waals surface area contributed by atoms with E-state index >= 15 is 0 Å². The highest BCUT2D eigenvalue weighted by molar-refractivity contribution is 5.78. The normalized spacial score (nSPS) is 10.5. The van der Waals surface area contributed by atoms with E-state index in [0.29, 0.717) is 5.82 Å². The Morgan fingerprint density at radius 1 is 1.69 bits per heavy atom. The molecule has 0 aromatic carbocycles. The van der Waals surface area contributed by atoms with Crippen LogP contribution in [0.4, 0.5) is 8.78 Å². The zero-order valence-corrected chi connectivity index (χ0v) is 6.75. The van der Waals surface area contributed by atoms with Gasteiger partial charge < -0.3 is 9.84 Å². The molecule has 1 heterocycles. The number of hydrogen-bond donors (Lipinski definition) is 1. The van der Waals surface area contributed by atoms with Crippen molar-refractivity contribution < 1.29 is 18.1 Å². The van der Waals surface area contributed by atoms with Gasteiger partial charge in [-0.25, -0.2) is 0 Å². The van der Waals surface area contributed by atoms with Crippen LogP contribution >= 0.6 is 0 Å². The van der Waals surface area contributed by atoms with Crippen molar-refractivity contribution in [2.75, 3.05) is 0 Å². The first-order valence-electron chi connectivity index (χ1n) is 3.44. The highest BCUT2D eigenvalue weighted by Crippen LogP contribution is 1.96. The number of alkyl halides is 2. The molecule has 5 nitrogen and oxygen atoms in total. The molecule has 7 heteroatoms. The van der Waals surface area contributed by atoms with Gasteiger partial charge in [-0.1, -0.05) is 5.16 Å². The lowest BCUT2D eigenvalue weighted by atomic mass is 10.5. The summed E-state index contributed by atoms with van der Waals surface area (Å²) in [6.45, 7) is 1.41. The summed E-state index contributed by atoms with van der Waals surface area (Å²) in [6, 6.07) is 0. The maximum absolute atomic E-state index is 11.7. The van der Waals surface area contributed by atoms with E-state index in [9.17, 15) is 13.6 Å². The lowest BCUT2D eigenvalue weighted by Gasteiger charge is -1.98. The molecule has 1 N–H and O–H groups in total. The van der Waals surface area contributed by atoms with E-state index in [1.54, 1.807) is 6.92 Å². The Kier molecular flexibility index (Phi) is 2.88. The summed E-state index contributed by atoms with van der Waals surface area (Å²) in [7, 11) is 0. The molecule has 0 saturated heterocycles. The Hall–Kier alpha value is -1.53. The summed E-state index contributed by atoms with van der Waals surface area (Å²) in [4.78, 5) is 14.1. The number of amides is 1. The molecule has 0 unspecified atom stereocenters. The Labute approximate surface area is 72.1 Å². The van der Waals surface area contributed by atoms with Gasteiger partial charge in [0.05, 0.1) is 6.54 Å². The minimum Gasteiger partial charge on any atom is -0.342 e. The smallest absolute Gasteiger partial charge is 0.315 e. The predicted molar refractivity (Wildman–Crippen MR) is 36.9 cm³/mol. The number of carbonyl (C=O) groups excluding carboxylic acids is 1. The second kappa shape index (κ2) is 3.92. The molecule has 1 aromatic heterocycles. The Morgan fingerprint density at radius 3 is 2.85 bits per heavy atom. The van der Waals surface area contributed by atoms with Crippen molar-refractivity contribution in [1.82, 2.24) is 15.5 Å². The molecule has 0 bridgehead atoms. The van der Waals surface area contributed by atoms with Crippen LogP contribution in [0.5, 0.6) is 0 Å². The molecule has 1 amide bonds. The van der Waals surface area contributed by atoms with Gasteiger partial charge in [-0.3, -0.25) is 4.79 Å². The van der Waals surface area contributed by atoms with Gasteiger partial charge in [0.25, 0.3) is 5.91 Å². The molecule has 0 aliphatic heterocycles. The number of halogens is 2. The van der Waals surface area contributed by atoms with Gasteiger partial charge in [0.2, 0.25) is 5.89 Å². The van der Waals surface area contributed by atoms with Crippen molar-refractivity contribution in [3.63, 3.8) is 0 Å². The van der Waals surface area contributed by atoms with Crippen molar-refractivity contribution in [2.45, 2.75) is 19.9 Å². The monoisotopic (exact) mass is 191 g/mol. The van der Waals surface area contributed by atoms with Gasteiger partial charge in [0.15, 0.2) is 5.82 Å². The SMILES string of the molecule is Cc1noc(CNC(=O)C(F)F)n1.